The summed E-state index contributed by atoms with van der Waals surface area (Å²) in [5.41, 5.74) is 13.3. The molecule has 12 aromatic rings. The molecule has 0 saturated heterocycles. The number of benzene rings is 8. The van der Waals surface area contributed by atoms with Crippen LogP contribution in [-0.2, 0) is 0 Å². The Labute approximate surface area is 357 Å². The lowest BCUT2D eigenvalue weighted by Gasteiger charge is -2.13. The van der Waals surface area contributed by atoms with Crippen LogP contribution in [0.2, 0.25) is 0 Å². The van der Waals surface area contributed by atoms with Gasteiger partial charge in [-0.25, -0.2) is 19.5 Å². The van der Waals surface area contributed by atoms with Gasteiger partial charge in [0.05, 0.1) is 22.2 Å². The van der Waals surface area contributed by atoms with Crippen molar-refractivity contribution < 1.29 is 0 Å². The second-order valence-electron chi connectivity index (χ2n) is 15.5. The summed E-state index contributed by atoms with van der Waals surface area (Å²) in [4.78, 5) is 15.5. The maximum absolute atomic E-state index is 5.44. The van der Waals surface area contributed by atoms with Crippen molar-refractivity contribution in [2.24, 2.45) is 0 Å². The molecule has 6 heteroatoms. The standard InChI is InChI=1S/C56H36N6/c1-4-18-37(19-5-1)51-52(38-20-6-2-7-21-38)60-62-50(36-40-24-10-11-29-45(40)53(51)62)41-25-16-26-42(34-41)55-57-54(39-22-8-3-9-23-39)58-56(59-55)43-27-17-28-44(35-43)61-48-32-14-12-30-46(48)47-31-13-15-33-49(47)61/h1-36H. The summed E-state index contributed by atoms with van der Waals surface area (Å²) in [5.74, 6) is 1.80. The van der Waals surface area contributed by atoms with Crippen LogP contribution >= 0.6 is 0 Å². The van der Waals surface area contributed by atoms with E-state index in [-0.39, 0.29) is 0 Å². The molecule has 0 aliphatic heterocycles. The fourth-order valence-corrected chi connectivity index (χ4v) is 8.92. The largest absolute Gasteiger partial charge is 0.309 e. The van der Waals surface area contributed by atoms with Crippen molar-refractivity contribution in [3.63, 3.8) is 0 Å². The molecule has 0 unspecified atom stereocenters. The molecular weight excluding hydrogens is 757 g/mol. The zero-order chi connectivity index (χ0) is 41.0. The van der Waals surface area contributed by atoms with Gasteiger partial charge in [-0.15, -0.1) is 0 Å². The van der Waals surface area contributed by atoms with E-state index in [1.807, 2.05) is 36.4 Å². The minimum atomic E-state index is 0.588. The van der Waals surface area contributed by atoms with E-state index in [9.17, 15) is 0 Å². The van der Waals surface area contributed by atoms with Crippen molar-refractivity contribution >= 4 is 38.1 Å². The second kappa shape index (κ2) is 14.7. The number of para-hydroxylation sites is 2. The first-order valence-electron chi connectivity index (χ1n) is 20.8. The third-order valence-corrected chi connectivity index (χ3v) is 11.8. The molecule has 0 bridgehead atoms. The van der Waals surface area contributed by atoms with Crippen molar-refractivity contribution in [3.05, 3.63) is 218 Å². The fourth-order valence-electron chi connectivity index (χ4n) is 8.92. The average molecular weight is 793 g/mol. The van der Waals surface area contributed by atoms with Crippen LogP contribution in [0.25, 0.3) is 112 Å². The van der Waals surface area contributed by atoms with E-state index in [1.54, 1.807) is 0 Å². The number of nitrogens with zero attached hydrogens (tertiary/aromatic N) is 6. The van der Waals surface area contributed by atoms with Crippen LogP contribution in [0, 0.1) is 0 Å². The van der Waals surface area contributed by atoms with E-state index in [4.69, 9.17) is 20.1 Å². The third kappa shape index (κ3) is 5.96. The van der Waals surface area contributed by atoms with Gasteiger partial charge in [-0.05, 0) is 47.3 Å². The molecule has 4 heterocycles. The normalized spacial score (nSPS) is 11.5. The predicted octanol–water partition coefficient (Wildman–Crippen LogP) is 13.8. The number of aromatic nitrogens is 6. The molecule has 6 nitrogen and oxygen atoms in total. The Hall–Kier alpha value is -8.48. The smallest absolute Gasteiger partial charge is 0.164 e. The summed E-state index contributed by atoms with van der Waals surface area (Å²) in [6.07, 6.45) is 0. The van der Waals surface area contributed by atoms with Gasteiger partial charge in [0.1, 0.15) is 5.69 Å². The highest BCUT2D eigenvalue weighted by Crippen LogP contribution is 2.41. The molecular formula is C56H36N6. The molecule has 0 aliphatic carbocycles. The second-order valence-corrected chi connectivity index (χ2v) is 15.5. The Balaban J connectivity index is 1.05. The van der Waals surface area contributed by atoms with E-state index >= 15 is 0 Å². The molecule has 0 fully saturated rings. The van der Waals surface area contributed by atoms with Gasteiger partial charge >= 0.3 is 0 Å². The molecule has 290 valence electrons. The fraction of sp³-hybridized carbons (Fsp3) is 0. The highest BCUT2D eigenvalue weighted by molar-refractivity contribution is 6.10. The third-order valence-electron chi connectivity index (χ3n) is 11.8. The first kappa shape index (κ1) is 35.5. The van der Waals surface area contributed by atoms with Crippen molar-refractivity contribution in [2.75, 3.05) is 0 Å². The molecule has 0 atom stereocenters. The predicted molar refractivity (Wildman–Crippen MR) is 253 cm³/mol. The Morgan fingerprint density at radius 2 is 0.823 bits per heavy atom. The van der Waals surface area contributed by atoms with E-state index in [0.717, 1.165) is 83.3 Å². The molecule has 62 heavy (non-hydrogen) atoms. The molecule has 4 aromatic heterocycles. The Morgan fingerprint density at radius 3 is 1.48 bits per heavy atom. The Kier molecular flexibility index (Phi) is 8.38. The van der Waals surface area contributed by atoms with Gasteiger partial charge in [0.25, 0.3) is 0 Å². The maximum Gasteiger partial charge on any atom is 0.164 e. The van der Waals surface area contributed by atoms with E-state index in [0.29, 0.717) is 17.5 Å². The lowest BCUT2D eigenvalue weighted by molar-refractivity contribution is 0.979. The Bertz CT molecular complexity index is 3570. The number of pyridine rings is 1. The van der Waals surface area contributed by atoms with Gasteiger partial charge in [-0.2, -0.15) is 5.10 Å². The van der Waals surface area contributed by atoms with Crippen LogP contribution in [0.1, 0.15) is 0 Å². The van der Waals surface area contributed by atoms with Crippen molar-refractivity contribution in [3.8, 4) is 73.5 Å². The van der Waals surface area contributed by atoms with Gasteiger partial charge in [-0.3, -0.25) is 0 Å². The number of hydrogen-bond donors (Lipinski definition) is 0. The van der Waals surface area contributed by atoms with Crippen molar-refractivity contribution in [1.29, 1.82) is 0 Å². The quantitative estimate of drug-likeness (QED) is 0.161. The summed E-state index contributed by atoms with van der Waals surface area (Å²) in [5, 5.41) is 10.1. The number of rotatable bonds is 7. The van der Waals surface area contributed by atoms with Crippen molar-refractivity contribution in [1.82, 2.24) is 29.1 Å². The molecule has 0 spiro atoms. The number of fused-ring (bicyclic) bond motifs is 6. The lowest BCUT2D eigenvalue weighted by Crippen LogP contribution is -2.01. The van der Waals surface area contributed by atoms with E-state index < -0.39 is 0 Å². The summed E-state index contributed by atoms with van der Waals surface area (Å²) in [7, 11) is 0. The zero-order valence-electron chi connectivity index (χ0n) is 33.5. The minimum Gasteiger partial charge on any atom is -0.309 e. The van der Waals surface area contributed by atoms with E-state index in [2.05, 4.69) is 191 Å². The highest BCUT2D eigenvalue weighted by atomic mass is 15.2. The zero-order valence-corrected chi connectivity index (χ0v) is 33.5. The molecule has 0 aliphatic rings. The van der Waals surface area contributed by atoms with Crippen LogP contribution in [-0.4, -0.2) is 29.1 Å². The molecule has 8 aromatic carbocycles. The topological polar surface area (TPSA) is 60.9 Å². The Morgan fingerprint density at radius 1 is 0.339 bits per heavy atom. The first-order chi connectivity index (χ1) is 30.7. The van der Waals surface area contributed by atoms with Crippen LogP contribution in [0.15, 0.2) is 218 Å². The monoisotopic (exact) mass is 792 g/mol. The molecule has 0 saturated carbocycles. The van der Waals surface area contributed by atoms with Crippen molar-refractivity contribution in [2.45, 2.75) is 0 Å². The number of hydrogen-bond acceptors (Lipinski definition) is 4. The van der Waals surface area contributed by atoms with E-state index in [1.165, 1.54) is 10.8 Å². The van der Waals surface area contributed by atoms with Crippen LogP contribution < -0.4 is 0 Å². The van der Waals surface area contributed by atoms with Crippen LogP contribution in [0.3, 0.4) is 0 Å². The average Bonchev–Trinajstić information content (AvgIpc) is 3.92. The highest BCUT2D eigenvalue weighted by Gasteiger charge is 2.22. The summed E-state index contributed by atoms with van der Waals surface area (Å²) in [6.45, 7) is 0. The first-order valence-corrected chi connectivity index (χ1v) is 20.8. The summed E-state index contributed by atoms with van der Waals surface area (Å²) < 4.78 is 4.45. The van der Waals surface area contributed by atoms with Gasteiger partial charge in [0, 0.05) is 55.2 Å². The van der Waals surface area contributed by atoms with Gasteiger partial charge in [-0.1, -0.05) is 182 Å². The van der Waals surface area contributed by atoms with Gasteiger partial charge < -0.3 is 4.57 Å². The lowest BCUT2D eigenvalue weighted by atomic mass is 9.97. The molecule has 0 N–H and O–H groups in total. The SMILES string of the molecule is c1ccc(-c2nc(-c3cccc(-c4cc5ccccc5c5c(-c6ccccc6)c(-c6ccccc6)nn45)c3)nc(-c3cccc(-n4c5ccccc5c5ccccc54)c3)n2)cc1. The molecule has 0 radical (unpaired) electrons. The van der Waals surface area contributed by atoms with Crippen LogP contribution in [0.4, 0.5) is 0 Å². The minimum absolute atomic E-state index is 0.588. The van der Waals surface area contributed by atoms with Gasteiger partial charge in [0.2, 0.25) is 0 Å². The van der Waals surface area contributed by atoms with Crippen LogP contribution in [0.5, 0.6) is 0 Å². The maximum atomic E-state index is 5.44. The molecule has 0 amide bonds. The molecule has 12 rings (SSSR count). The summed E-state index contributed by atoms with van der Waals surface area (Å²) >= 11 is 0. The van der Waals surface area contributed by atoms with Gasteiger partial charge in [0.15, 0.2) is 17.5 Å². The summed E-state index contributed by atoms with van der Waals surface area (Å²) in [6, 6.07) is 76.2.